The third-order valence-electron chi connectivity index (χ3n) is 4.42. The average Bonchev–Trinajstić information content (AvgIpc) is 2.59. The van der Waals surface area contributed by atoms with E-state index in [1.54, 1.807) is 26.8 Å². The summed E-state index contributed by atoms with van der Waals surface area (Å²) in [5.41, 5.74) is 0.581. The van der Waals surface area contributed by atoms with Crippen LogP contribution in [0.4, 0.5) is 13.2 Å². The van der Waals surface area contributed by atoms with Crippen molar-refractivity contribution in [3.05, 3.63) is 65.2 Å². The van der Waals surface area contributed by atoms with Crippen LogP contribution in [0.25, 0.3) is 0 Å². The lowest BCUT2D eigenvalue weighted by molar-refractivity contribution is -0.137. The number of ether oxygens (including phenoxy) is 1. The SMILES string of the molecule is CC(CC(C)(C)[S+](N)[O-])c1cc(OCc2ccccc2)cc(C(F)(F)F)c1. The fourth-order valence-corrected chi connectivity index (χ4v) is 3.25. The molecule has 2 unspecified atom stereocenters. The summed E-state index contributed by atoms with van der Waals surface area (Å²) in [4.78, 5) is 0. The second kappa shape index (κ2) is 8.54. The molecule has 0 aliphatic heterocycles. The zero-order chi connectivity index (χ0) is 20.2. The lowest BCUT2D eigenvalue weighted by atomic mass is 9.90. The van der Waals surface area contributed by atoms with Crippen molar-refractivity contribution in [1.82, 2.24) is 0 Å². The minimum atomic E-state index is -4.48. The Kier molecular flexibility index (Phi) is 6.83. The molecular formula is C20H24F3NO2S. The van der Waals surface area contributed by atoms with Gasteiger partial charge in [-0.1, -0.05) is 37.3 Å². The average molecular weight is 399 g/mol. The van der Waals surface area contributed by atoms with E-state index in [9.17, 15) is 17.7 Å². The molecule has 0 amide bonds. The second-order valence-electron chi connectivity index (χ2n) is 7.23. The Hall–Kier alpha value is -1.70. The summed E-state index contributed by atoms with van der Waals surface area (Å²) in [5.74, 6) is -0.115. The monoisotopic (exact) mass is 399 g/mol. The fourth-order valence-electron chi connectivity index (χ4n) is 2.83. The van der Waals surface area contributed by atoms with Crippen molar-refractivity contribution in [2.45, 2.75) is 50.6 Å². The van der Waals surface area contributed by atoms with Crippen molar-refractivity contribution in [3.63, 3.8) is 0 Å². The Bertz CT molecular complexity index is 749. The van der Waals surface area contributed by atoms with E-state index >= 15 is 0 Å². The van der Waals surface area contributed by atoms with Gasteiger partial charge in [-0.05, 0) is 49.1 Å². The first-order chi connectivity index (χ1) is 12.5. The number of halogens is 3. The molecule has 2 rings (SSSR count). The van der Waals surface area contributed by atoms with E-state index in [4.69, 9.17) is 9.88 Å². The summed E-state index contributed by atoms with van der Waals surface area (Å²) in [7, 11) is 0. The van der Waals surface area contributed by atoms with Crippen LogP contribution in [0.15, 0.2) is 48.5 Å². The van der Waals surface area contributed by atoms with E-state index in [1.807, 2.05) is 30.3 Å². The molecule has 0 aliphatic carbocycles. The second-order valence-corrected chi connectivity index (χ2v) is 8.93. The van der Waals surface area contributed by atoms with Crippen LogP contribution in [0.3, 0.4) is 0 Å². The molecule has 2 aromatic rings. The molecule has 0 saturated carbocycles. The summed E-state index contributed by atoms with van der Waals surface area (Å²) in [6.45, 7) is 5.44. The Morgan fingerprint density at radius 1 is 1.11 bits per heavy atom. The molecule has 7 heteroatoms. The van der Waals surface area contributed by atoms with Gasteiger partial charge in [0.2, 0.25) is 0 Å². The number of rotatable bonds is 7. The highest BCUT2D eigenvalue weighted by Gasteiger charge is 2.35. The van der Waals surface area contributed by atoms with Crippen LogP contribution in [-0.4, -0.2) is 9.30 Å². The van der Waals surface area contributed by atoms with Crippen LogP contribution >= 0.6 is 0 Å². The van der Waals surface area contributed by atoms with Gasteiger partial charge in [0, 0.05) is 17.8 Å². The van der Waals surface area contributed by atoms with E-state index < -0.39 is 27.8 Å². The lowest BCUT2D eigenvalue weighted by Crippen LogP contribution is -2.38. The lowest BCUT2D eigenvalue weighted by Gasteiger charge is -2.28. The molecule has 27 heavy (non-hydrogen) atoms. The molecule has 2 N–H and O–H groups in total. The van der Waals surface area contributed by atoms with Gasteiger partial charge in [0.05, 0.1) is 5.56 Å². The predicted molar refractivity (Wildman–Crippen MR) is 102 cm³/mol. The van der Waals surface area contributed by atoms with E-state index in [-0.39, 0.29) is 18.3 Å². The fraction of sp³-hybridized carbons (Fsp3) is 0.400. The maximum absolute atomic E-state index is 13.3. The largest absolute Gasteiger partial charge is 0.598 e. The number of benzene rings is 2. The van der Waals surface area contributed by atoms with Gasteiger partial charge < -0.3 is 9.29 Å². The highest BCUT2D eigenvalue weighted by atomic mass is 32.2. The van der Waals surface area contributed by atoms with Gasteiger partial charge in [-0.2, -0.15) is 18.3 Å². The van der Waals surface area contributed by atoms with Gasteiger partial charge in [-0.15, -0.1) is 0 Å². The van der Waals surface area contributed by atoms with Crippen molar-refractivity contribution in [1.29, 1.82) is 0 Å². The molecule has 0 radical (unpaired) electrons. The van der Waals surface area contributed by atoms with Crippen LogP contribution in [-0.2, 0) is 24.1 Å². The first-order valence-corrected chi connectivity index (χ1v) is 9.75. The highest BCUT2D eigenvalue weighted by Crippen LogP contribution is 2.37. The summed E-state index contributed by atoms with van der Waals surface area (Å²) in [5, 5.41) is 5.51. The van der Waals surface area contributed by atoms with E-state index in [1.165, 1.54) is 0 Å². The molecular weight excluding hydrogens is 375 g/mol. The van der Waals surface area contributed by atoms with Gasteiger partial charge in [-0.25, -0.2) is 0 Å². The van der Waals surface area contributed by atoms with Gasteiger partial charge in [0.1, 0.15) is 17.1 Å². The third kappa shape index (κ3) is 6.16. The first kappa shape index (κ1) is 21.6. The Morgan fingerprint density at radius 2 is 1.74 bits per heavy atom. The number of hydrogen-bond acceptors (Lipinski definition) is 3. The van der Waals surface area contributed by atoms with Gasteiger partial charge in [0.15, 0.2) is 0 Å². The standard InChI is InChI=1S/C20H24F3NO2S/c1-14(12-19(2,3)27(24)25)16-9-17(20(21,22)23)11-18(10-16)26-13-15-7-5-4-6-8-15/h4-11,14H,12-13,24H2,1-3H3. The first-order valence-electron chi connectivity index (χ1n) is 8.54. The summed E-state index contributed by atoms with van der Waals surface area (Å²) >= 11 is -1.58. The van der Waals surface area contributed by atoms with Crippen LogP contribution in [0.5, 0.6) is 5.75 Å². The van der Waals surface area contributed by atoms with Gasteiger partial charge in [-0.3, -0.25) is 0 Å². The highest BCUT2D eigenvalue weighted by molar-refractivity contribution is 7.90. The maximum Gasteiger partial charge on any atom is 0.416 e. The van der Waals surface area contributed by atoms with Crippen molar-refractivity contribution in [2.24, 2.45) is 5.14 Å². The quantitative estimate of drug-likeness (QED) is 0.653. The van der Waals surface area contributed by atoms with Crippen molar-refractivity contribution in [3.8, 4) is 5.75 Å². The Labute approximate surface area is 161 Å². The molecule has 0 aromatic heterocycles. The molecule has 2 aromatic carbocycles. The maximum atomic E-state index is 13.3. The zero-order valence-electron chi connectivity index (χ0n) is 15.5. The van der Waals surface area contributed by atoms with E-state index in [0.29, 0.717) is 12.0 Å². The molecule has 0 saturated heterocycles. The van der Waals surface area contributed by atoms with Crippen LogP contribution in [0, 0.1) is 0 Å². The molecule has 0 aliphatic rings. The molecule has 2 atom stereocenters. The van der Waals surface area contributed by atoms with E-state index in [0.717, 1.165) is 17.7 Å². The summed E-state index contributed by atoms with van der Waals surface area (Å²) < 4.78 is 56.5. The minimum absolute atomic E-state index is 0.155. The van der Waals surface area contributed by atoms with Gasteiger partial charge >= 0.3 is 6.18 Å². The minimum Gasteiger partial charge on any atom is -0.598 e. The topological polar surface area (TPSA) is 58.3 Å². The normalized spacial score (nSPS) is 14.7. The van der Waals surface area contributed by atoms with Crippen molar-refractivity contribution >= 4 is 11.4 Å². The number of hydrogen-bond donors (Lipinski definition) is 1. The van der Waals surface area contributed by atoms with Crippen LogP contribution in [0.2, 0.25) is 0 Å². The summed E-state index contributed by atoms with van der Waals surface area (Å²) in [6, 6.07) is 13.0. The smallest absolute Gasteiger partial charge is 0.416 e. The molecule has 3 nitrogen and oxygen atoms in total. The van der Waals surface area contributed by atoms with Crippen molar-refractivity contribution in [2.75, 3.05) is 0 Å². The molecule has 0 heterocycles. The Morgan fingerprint density at radius 3 is 2.30 bits per heavy atom. The molecule has 0 bridgehead atoms. The summed E-state index contributed by atoms with van der Waals surface area (Å²) in [6.07, 6.45) is -4.09. The Balaban J connectivity index is 2.28. The number of alkyl halides is 3. The molecule has 0 fully saturated rings. The number of nitrogens with two attached hydrogens (primary N) is 1. The van der Waals surface area contributed by atoms with Gasteiger partial charge in [0.25, 0.3) is 0 Å². The zero-order valence-corrected chi connectivity index (χ0v) is 16.4. The van der Waals surface area contributed by atoms with Crippen LogP contribution < -0.4 is 9.88 Å². The van der Waals surface area contributed by atoms with E-state index in [2.05, 4.69) is 0 Å². The van der Waals surface area contributed by atoms with Crippen LogP contribution in [0.1, 0.15) is 49.8 Å². The predicted octanol–water partition coefficient (Wildman–Crippen LogP) is 5.18. The molecule has 0 spiro atoms. The third-order valence-corrected chi connectivity index (χ3v) is 5.67. The van der Waals surface area contributed by atoms with Crippen molar-refractivity contribution < 1.29 is 22.5 Å². The molecule has 148 valence electrons.